The molecule has 1 aromatic carbocycles. The Morgan fingerprint density at radius 2 is 2.00 bits per heavy atom. The minimum atomic E-state index is -0.785. The van der Waals surface area contributed by atoms with Gasteiger partial charge < -0.3 is 11.1 Å². The van der Waals surface area contributed by atoms with Gasteiger partial charge in [-0.2, -0.15) is 0 Å². The van der Waals surface area contributed by atoms with Gasteiger partial charge in [-0.05, 0) is 44.2 Å². The van der Waals surface area contributed by atoms with Gasteiger partial charge in [-0.25, -0.2) is 0 Å². The topological polar surface area (TPSA) is 55.1 Å². The van der Waals surface area contributed by atoms with Crippen molar-refractivity contribution in [1.29, 1.82) is 0 Å². The van der Waals surface area contributed by atoms with E-state index in [9.17, 15) is 4.79 Å². The molecular weight excluding hydrogens is 256 g/mol. The number of nitrogens with two attached hydrogens (primary N) is 1. The van der Waals surface area contributed by atoms with Crippen LogP contribution >= 0.6 is 12.2 Å². The van der Waals surface area contributed by atoms with Gasteiger partial charge in [0.2, 0.25) is 5.91 Å². The van der Waals surface area contributed by atoms with Crippen LogP contribution in [0.15, 0.2) is 24.3 Å². The van der Waals surface area contributed by atoms with E-state index in [1.54, 1.807) is 13.8 Å². The predicted octanol–water partition coefficient (Wildman–Crippen LogP) is 1.97. The zero-order valence-corrected chi connectivity index (χ0v) is 12.2. The van der Waals surface area contributed by atoms with Crippen molar-refractivity contribution in [3.63, 3.8) is 0 Å². The normalized spacial score (nSPS) is 18.5. The second-order valence-electron chi connectivity index (χ2n) is 5.67. The SMILES string of the molecule is CC(C)(C(=O)NC1CCc2ccccc2C1)C(N)=S. The van der Waals surface area contributed by atoms with Crippen LogP contribution in [0.4, 0.5) is 0 Å². The lowest BCUT2D eigenvalue weighted by atomic mass is 9.86. The summed E-state index contributed by atoms with van der Waals surface area (Å²) < 4.78 is 0. The van der Waals surface area contributed by atoms with Crippen molar-refractivity contribution in [1.82, 2.24) is 5.32 Å². The van der Waals surface area contributed by atoms with E-state index < -0.39 is 5.41 Å². The summed E-state index contributed by atoms with van der Waals surface area (Å²) in [5.41, 5.74) is 7.55. The smallest absolute Gasteiger partial charge is 0.232 e. The predicted molar refractivity (Wildman–Crippen MR) is 81.0 cm³/mol. The maximum Gasteiger partial charge on any atom is 0.232 e. The van der Waals surface area contributed by atoms with Crippen molar-refractivity contribution >= 4 is 23.1 Å². The van der Waals surface area contributed by atoms with Gasteiger partial charge in [0, 0.05) is 6.04 Å². The Hall–Kier alpha value is -1.42. The van der Waals surface area contributed by atoms with Gasteiger partial charge in [-0.15, -0.1) is 0 Å². The fraction of sp³-hybridized carbons (Fsp3) is 0.467. The van der Waals surface area contributed by atoms with Crippen LogP contribution in [0.5, 0.6) is 0 Å². The van der Waals surface area contributed by atoms with Crippen LogP contribution in [-0.2, 0) is 17.6 Å². The lowest BCUT2D eigenvalue weighted by molar-refractivity contribution is -0.127. The summed E-state index contributed by atoms with van der Waals surface area (Å²) in [5.74, 6) is -0.0793. The average molecular weight is 276 g/mol. The van der Waals surface area contributed by atoms with Crippen molar-refractivity contribution in [3.8, 4) is 0 Å². The van der Waals surface area contributed by atoms with E-state index in [1.807, 2.05) is 6.07 Å². The van der Waals surface area contributed by atoms with Gasteiger partial charge in [0.15, 0.2) is 0 Å². The molecule has 1 atom stereocenters. The first-order valence-electron chi connectivity index (χ1n) is 6.59. The van der Waals surface area contributed by atoms with Crippen molar-refractivity contribution in [2.75, 3.05) is 0 Å². The molecule has 0 fully saturated rings. The van der Waals surface area contributed by atoms with E-state index >= 15 is 0 Å². The number of thiocarbonyl (C=S) groups is 1. The largest absolute Gasteiger partial charge is 0.392 e. The summed E-state index contributed by atoms with van der Waals surface area (Å²) in [4.78, 5) is 12.4. The van der Waals surface area contributed by atoms with Gasteiger partial charge in [0.1, 0.15) is 0 Å². The van der Waals surface area contributed by atoms with Gasteiger partial charge >= 0.3 is 0 Å². The molecule has 0 heterocycles. The number of hydrogen-bond donors (Lipinski definition) is 2. The number of benzene rings is 1. The van der Waals surface area contributed by atoms with Gasteiger partial charge in [0.25, 0.3) is 0 Å². The minimum Gasteiger partial charge on any atom is -0.392 e. The fourth-order valence-electron chi connectivity index (χ4n) is 2.30. The van der Waals surface area contributed by atoms with E-state index in [-0.39, 0.29) is 16.9 Å². The van der Waals surface area contributed by atoms with Gasteiger partial charge in [0.05, 0.1) is 10.4 Å². The number of carbonyl (C=O) groups is 1. The molecule has 1 unspecified atom stereocenters. The molecule has 1 amide bonds. The highest BCUT2D eigenvalue weighted by Crippen LogP contribution is 2.23. The van der Waals surface area contributed by atoms with Gasteiger partial charge in [-0.3, -0.25) is 4.79 Å². The molecule has 102 valence electrons. The molecule has 2 rings (SSSR count). The number of aryl methyl sites for hydroxylation is 1. The Kier molecular flexibility index (Phi) is 3.90. The van der Waals surface area contributed by atoms with Crippen molar-refractivity contribution in [2.45, 2.75) is 39.2 Å². The van der Waals surface area contributed by atoms with Gasteiger partial charge in [-0.1, -0.05) is 36.5 Å². The summed E-state index contributed by atoms with van der Waals surface area (Å²) >= 11 is 4.96. The number of fused-ring (bicyclic) bond motifs is 1. The summed E-state index contributed by atoms with van der Waals surface area (Å²) in [7, 11) is 0. The van der Waals surface area contributed by atoms with E-state index in [0.29, 0.717) is 0 Å². The number of carbonyl (C=O) groups excluding carboxylic acids is 1. The molecule has 0 radical (unpaired) electrons. The van der Waals surface area contributed by atoms with E-state index in [0.717, 1.165) is 19.3 Å². The second-order valence-corrected chi connectivity index (χ2v) is 6.11. The zero-order valence-electron chi connectivity index (χ0n) is 11.4. The Morgan fingerprint density at radius 3 is 2.63 bits per heavy atom. The zero-order chi connectivity index (χ0) is 14.0. The number of rotatable bonds is 3. The molecule has 0 saturated heterocycles. The molecule has 0 aromatic heterocycles. The van der Waals surface area contributed by atoms with Crippen LogP contribution in [0.3, 0.4) is 0 Å². The van der Waals surface area contributed by atoms with Crippen molar-refractivity contribution in [3.05, 3.63) is 35.4 Å². The number of hydrogen-bond acceptors (Lipinski definition) is 2. The Bertz CT molecular complexity index is 511. The maximum absolute atomic E-state index is 12.2. The van der Waals surface area contributed by atoms with E-state index in [4.69, 9.17) is 18.0 Å². The molecule has 3 N–H and O–H groups in total. The number of amides is 1. The molecule has 1 aliphatic carbocycles. The Morgan fingerprint density at radius 1 is 1.37 bits per heavy atom. The lowest BCUT2D eigenvalue weighted by Crippen LogP contribution is -2.49. The maximum atomic E-state index is 12.2. The van der Waals surface area contributed by atoms with Crippen LogP contribution < -0.4 is 11.1 Å². The fourth-order valence-corrected chi connectivity index (χ4v) is 2.39. The summed E-state index contributed by atoms with van der Waals surface area (Å²) in [5, 5.41) is 3.07. The summed E-state index contributed by atoms with van der Waals surface area (Å²) in [6, 6.07) is 8.57. The molecule has 0 saturated carbocycles. The molecule has 0 spiro atoms. The average Bonchev–Trinajstić information content (AvgIpc) is 2.38. The lowest BCUT2D eigenvalue weighted by Gasteiger charge is -2.29. The first-order chi connectivity index (χ1) is 8.91. The quantitative estimate of drug-likeness (QED) is 0.830. The van der Waals surface area contributed by atoms with Crippen LogP contribution in [0.25, 0.3) is 0 Å². The summed E-state index contributed by atoms with van der Waals surface area (Å²) in [6.45, 7) is 3.53. The molecule has 4 heteroatoms. The molecule has 19 heavy (non-hydrogen) atoms. The van der Waals surface area contributed by atoms with Crippen LogP contribution in [0.1, 0.15) is 31.4 Å². The molecule has 3 nitrogen and oxygen atoms in total. The molecular formula is C15H20N2OS. The van der Waals surface area contributed by atoms with Crippen molar-refractivity contribution < 1.29 is 4.79 Å². The molecule has 0 aliphatic heterocycles. The second kappa shape index (κ2) is 5.29. The number of nitrogens with one attached hydrogen (secondary N) is 1. The van der Waals surface area contributed by atoms with Crippen molar-refractivity contribution in [2.24, 2.45) is 11.1 Å². The van der Waals surface area contributed by atoms with E-state index in [2.05, 4.69) is 23.5 Å². The Labute approximate surface area is 119 Å². The third kappa shape index (κ3) is 2.95. The highest BCUT2D eigenvalue weighted by atomic mass is 32.1. The highest BCUT2D eigenvalue weighted by molar-refractivity contribution is 7.80. The molecule has 1 aromatic rings. The third-order valence-electron chi connectivity index (χ3n) is 3.87. The molecule has 0 bridgehead atoms. The van der Waals surface area contributed by atoms with E-state index in [1.165, 1.54) is 11.1 Å². The summed E-state index contributed by atoms with van der Waals surface area (Å²) in [6.07, 6.45) is 2.86. The Balaban J connectivity index is 2.03. The van der Waals surface area contributed by atoms with Crippen LogP contribution in [0.2, 0.25) is 0 Å². The first kappa shape index (κ1) is 14.0. The van der Waals surface area contributed by atoms with Crippen LogP contribution in [-0.4, -0.2) is 16.9 Å². The highest BCUT2D eigenvalue weighted by Gasteiger charge is 2.32. The third-order valence-corrected chi connectivity index (χ3v) is 4.38. The molecule has 1 aliphatic rings. The van der Waals surface area contributed by atoms with Crippen LogP contribution in [0, 0.1) is 5.41 Å². The minimum absolute atomic E-state index is 0.0793. The monoisotopic (exact) mass is 276 g/mol. The standard InChI is InChI=1S/C15H20N2OS/c1-15(2,13(16)19)14(18)17-12-8-7-10-5-3-4-6-11(10)9-12/h3-6,12H,7-9H2,1-2H3,(H2,16,19)(H,17,18). The first-order valence-corrected chi connectivity index (χ1v) is 6.99.